The van der Waals surface area contributed by atoms with E-state index in [1.165, 1.54) is 0 Å². The third kappa shape index (κ3) is 61.0. The Morgan fingerprint density at radius 2 is 0.519 bits per heavy atom. The molecule has 0 spiro atoms. The van der Waals surface area contributed by atoms with E-state index in [0.717, 1.165) is 167 Å². The molecule has 6 nitrogen and oxygen atoms in total. The van der Waals surface area contributed by atoms with Crippen LogP contribution in [0.15, 0.2) is 194 Å². The van der Waals surface area contributed by atoms with Crippen LogP contribution in [-0.2, 0) is 28.6 Å². The van der Waals surface area contributed by atoms with Crippen LogP contribution in [0.1, 0.15) is 213 Å². The molecule has 0 aliphatic carbocycles. The maximum atomic E-state index is 12.9. The summed E-state index contributed by atoms with van der Waals surface area (Å²) in [6, 6.07) is 0. The summed E-state index contributed by atoms with van der Waals surface area (Å²) in [5, 5.41) is 0. The highest BCUT2D eigenvalue weighted by Crippen LogP contribution is 2.12. The van der Waals surface area contributed by atoms with Gasteiger partial charge < -0.3 is 14.2 Å². The average molecular weight is 1060 g/mol. The number of unbranched alkanes of at least 4 members (excludes halogenated alkanes) is 9. The van der Waals surface area contributed by atoms with Crippen LogP contribution in [0.3, 0.4) is 0 Å². The van der Waals surface area contributed by atoms with E-state index in [1.54, 1.807) is 6.08 Å². The Bertz CT molecular complexity index is 1880. The maximum Gasteiger partial charge on any atom is 0.309 e. The molecule has 0 aromatic rings. The van der Waals surface area contributed by atoms with Gasteiger partial charge in [0.15, 0.2) is 6.10 Å². The molecular formula is C71H106O6. The van der Waals surface area contributed by atoms with E-state index in [9.17, 15) is 14.4 Å². The van der Waals surface area contributed by atoms with E-state index >= 15 is 0 Å². The van der Waals surface area contributed by atoms with Crippen molar-refractivity contribution >= 4 is 17.9 Å². The van der Waals surface area contributed by atoms with Crippen molar-refractivity contribution < 1.29 is 28.6 Å². The molecule has 77 heavy (non-hydrogen) atoms. The number of allylic oxidation sites excluding steroid dienone is 31. The molecule has 0 aliphatic rings. The zero-order chi connectivity index (χ0) is 55.7. The molecule has 0 heterocycles. The predicted octanol–water partition coefficient (Wildman–Crippen LogP) is 20.6. The van der Waals surface area contributed by atoms with Crippen molar-refractivity contribution in [2.24, 2.45) is 0 Å². The molecule has 1 unspecified atom stereocenters. The normalized spacial score (nSPS) is 13.5. The summed E-state index contributed by atoms with van der Waals surface area (Å²) < 4.78 is 16.7. The van der Waals surface area contributed by atoms with Gasteiger partial charge in [0.2, 0.25) is 0 Å². The number of esters is 3. The van der Waals surface area contributed by atoms with E-state index in [1.807, 2.05) is 6.08 Å². The Balaban J connectivity index is 4.55. The van der Waals surface area contributed by atoms with Gasteiger partial charge in [0, 0.05) is 12.8 Å². The lowest BCUT2D eigenvalue weighted by Gasteiger charge is -2.18. The van der Waals surface area contributed by atoms with E-state index in [2.05, 4.69) is 203 Å². The summed E-state index contributed by atoms with van der Waals surface area (Å²) in [5.74, 6) is -1.13. The first kappa shape index (κ1) is 71.2. The smallest absolute Gasteiger partial charge is 0.309 e. The first-order chi connectivity index (χ1) is 38.0. The third-order valence-electron chi connectivity index (χ3n) is 11.6. The topological polar surface area (TPSA) is 78.9 Å². The van der Waals surface area contributed by atoms with Gasteiger partial charge in [0.1, 0.15) is 13.2 Å². The lowest BCUT2D eigenvalue weighted by atomic mass is 10.1. The lowest BCUT2D eigenvalue weighted by Crippen LogP contribution is -2.30. The van der Waals surface area contributed by atoms with Gasteiger partial charge in [0.25, 0.3) is 0 Å². The molecule has 0 fully saturated rings. The van der Waals surface area contributed by atoms with Crippen LogP contribution >= 0.6 is 0 Å². The standard InChI is InChI=1S/C71H106O6/c1-4-7-10-13-16-19-22-25-28-30-31-32-33-34-35-36-37-38-39-41-43-46-49-52-55-58-61-64-70(73)76-67-68(66-75-69(72)63-60-57-54-51-48-45-42-27-24-21-18-15-12-9-6-3)77-71(74)65-62-59-56-53-50-47-44-40-29-26-23-20-17-14-11-8-5-2/h7-12,16-21,25-29,31-32,34-35,37-38,41-44,47-48,51,57,60,68H,4-6,13-15,22-24,30,33,36,39-40,45-46,49-50,52-56,58-59,61-67H2,1-3H3/b10-7-,11-8-,12-9-,19-16-,20-17-,21-18-,28-25-,29-26-,32-31-,35-34-,38-37-,42-27-,43-41-,47-44-,51-48-,60-57-. The fourth-order valence-electron chi connectivity index (χ4n) is 7.25. The molecule has 0 aromatic heterocycles. The van der Waals surface area contributed by atoms with Crippen LogP contribution in [0.4, 0.5) is 0 Å². The largest absolute Gasteiger partial charge is 0.462 e. The minimum Gasteiger partial charge on any atom is -0.462 e. The van der Waals surface area contributed by atoms with Gasteiger partial charge in [-0.1, -0.05) is 247 Å². The van der Waals surface area contributed by atoms with Gasteiger partial charge in [-0.3, -0.25) is 14.4 Å². The molecule has 426 valence electrons. The SMILES string of the molecule is CC/C=C\C/C=C\C/C=C\C/C=C\C/C=C\C/C=C\C/C=C\CCCCCCCC(=O)OCC(COC(=O)C/C=C\C/C=C\C/C=C\C/C=C\C/C=C\CC)OC(=O)CCCCCC/C=C\C/C=C\C/C=C\C/C=C\CC. The molecule has 0 saturated heterocycles. The molecule has 1 atom stereocenters. The predicted molar refractivity (Wildman–Crippen MR) is 334 cm³/mol. The zero-order valence-electron chi connectivity index (χ0n) is 48.6. The van der Waals surface area contributed by atoms with E-state index in [-0.39, 0.29) is 38.0 Å². The van der Waals surface area contributed by atoms with Crippen molar-refractivity contribution in [3.05, 3.63) is 194 Å². The Kier molecular flexibility index (Phi) is 58.1. The van der Waals surface area contributed by atoms with E-state index in [0.29, 0.717) is 12.8 Å². The summed E-state index contributed by atoms with van der Waals surface area (Å²) in [7, 11) is 0. The van der Waals surface area contributed by atoms with Gasteiger partial charge in [-0.05, 0) is 141 Å². The second-order valence-corrected chi connectivity index (χ2v) is 18.8. The highest BCUT2D eigenvalue weighted by Gasteiger charge is 2.19. The fourth-order valence-corrected chi connectivity index (χ4v) is 7.25. The summed E-state index contributed by atoms with van der Waals surface area (Å²) in [6.45, 7) is 6.15. The lowest BCUT2D eigenvalue weighted by molar-refractivity contribution is -0.166. The summed E-state index contributed by atoms with van der Waals surface area (Å²) in [5.41, 5.74) is 0. The zero-order valence-corrected chi connectivity index (χ0v) is 48.6. The summed E-state index contributed by atoms with van der Waals surface area (Å²) >= 11 is 0. The number of carbonyl (C=O) groups excluding carboxylic acids is 3. The Morgan fingerprint density at radius 3 is 0.844 bits per heavy atom. The van der Waals surface area contributed by atoms with E-state index < -0.39 is 12.1 Å². The van der Waals surface area contributed by atoms with Gasteiger partial charge in [-0.25, -0.2) is 0 Å². The second kappa shape index (κ2) is 62.8. The average Bonchev–Trinajstić information content (AvgIpc) is 3.43. The number of ether oxygens (including phenoxy) is 3. The maximum absolute atomic E-state index is 12.9. The molecule has 0 radical (unpaired) electrons. The Morgan fingerprint density at radius 1 is 0.273 bits per heavy atom. The van der Waals surface area contributed by atoms with Gasteiger partial charge in [-0.2, -0.15) is 0 Å². The molecule has 0 saturated carbocycles. The highest BCUT2D eigenvalue weighted by atomic mass is 16.6. The van der Waals surface area contributed by atoms with Crippen molar-refractivity contribution in [1.29, 1.82) is 0 Å². The van der Waals surface area contributed by atoms with Crippen LogP contribution in [0.25, 0.3) is 0 Å². The van der Waals surface area contributed by atoms with Crippen molar-refractivity contribution in [2.75, 3.05) is 13.2 Å². The quantitative estimate of drug-likeness (QED) is 0.0261. The molecular weight excluding hydrogens is 949 g/mol. The van der Waals surface area contributed by atoms with Crippen LogP contribution < -0.4 is 0 Å². The molecule has 0 aromatic carbocycles. The number of hydrogen-bond acceptors (Lipinski definition) is 6. The summed E-state index contributed by atoms with van der Waals surface area (Å²) in [4.78, 5) is 38.2. The number of hydrogen-bond donors (Lipinski definition) is 0. The van der Waals surface area contributed by atoms with Crippen LogP contribution in [-0.4, -0.2) is 37.2 Å². The Labute approximate surface area is 471 Å². The molecule has 6 heteroatoms. The van der Waals surface area contributed by atoms with E-state index in [4.69, 9.17) is 14.2 Å². The molecule has 0 rings (SSSR count). The number of rotatable bonds is 51. The van der Waals surface area contributed by atoms with Crippen molar-refractivity contribution in [1.82, 2.24) is 0 Å². The highest BCUT2D eigenvalue weighted by molar-refractivity contribution is 5.72. The monoisotopic (exact) mass is 1050 g/mol. The van der Waals surface area contributed by atoms with Crippen molar-refractivity contribution in [3.8, 4) is 0 Å². The molecule has 0 amide bonds. The van der Waals surface area contributed by atoms with Crippen LogP contribution in [0.2, 0.25) is 0 Å². The van der Waals surface area contributed by atoms with Gasteiger partial charge in [0.05, 0.1) is 6.42 Å². The summed E-state index contributed by atoms with van der Waals surface area (Å²) in [6.07, 6.45) is 95.9. The van der Waals surface area contributed by atoms with Crippen molar-refractivity contribution in [2.45, 2.75) is 219 Å². The molecule has 0 aliphatic heterocycles. The van der Waals surface area contributed by atoms with Crippen molar-refractivity contribution in [3.63, 3.8) is 0 Å². The molecule has 0 bridgehead atoms. The first-order valence-corrected chi connectivity index (χ1v) is 29.9. The fraction of sp³-hybridized carbons (Fsp3) is 0.507. The first-order valence-electron chi connectivity index (χ1n) is 29.9. The minimum atomic E-state index is -0.852. The molecule has 0 N–H and O–H groups in total. The van der Waals surface area contributed by atoms with Crippen LogP contribution in [0.5, 0.6) is 0 Å². The van der Waals surface area contributed by atoms with Gasteiger partial charge >= 0.3 is 17.9 Å². The third-order valence-corrected chi connectivity index (χ3v) is 11.6. The number of carbonyl (C=O) groups is 3. The van der Waals surface area contributed by atoms with Crippen LogP contribution in [0, 0.1) is 0 Å². The minimum absolute atomic E-state index is 0.107. The second-order valence-electron chi connectivity index (χ2n) is 18.8. The Hall–Kier alpha value is -5.75. The van der Waals surface area contributed by atoms with Gasteiger partial charge in [-0.15, -0.1) is 0 Å².